The molecule has 0 aliphatic rings. The molecule has 0 radical (unpaired) electrons. The van der Waals surface area contributed by atoms with Crippen LogP contribution in [0, 0.1) is 26.6 Å². The van der Waals surface area contributed by atoms with E-state index < -0.39 is 0 Å². The van der Waals surface area contributed by atoms with Gasteiger partial charge in [-0.2, -0.15) is 0 Å². The maximum atomic E-state index is 14.1. The van der Waals surface area contributed by atoms with Gasteiger partial charge in [-0.25, -0.2) is 4.39 Å². The normalized spacial score (nSPS) is 12.5. The average molecular weight is 257 g/mol. The fraction of sp³-hybridized carbons (Fsp3) is 0.294. The third-order valence-electron chi connectivity index (χ3n) is 3.55. The van der Waals surface area contributed by atoms with Crippen molar-refractivity contribution in [1.82, 2.24) is 0 Å². The Kier molecular flexibility index (Phi) is 4.01. The summed E-state index contributed by atoms with van der Waals surface area (Å²) in [6, 6.07) is 11.3. The monoisotopic (exact) mass is 257 g/mol. The molecule has 0 spiro atoms. The lowest BCUT2D eigenvalue weighted by Crippen LogP contribution is -2.17. The maximum absolute atomic E-state index is 14.1. The fourth-order valence-electron chi connectivity index (χ4n) is 2.57. The van der Waals surface area contributed by atoms with E-state index >= 15 is 0 Å². The van der Waals surface area contributed by atoms with Gasteiger partial charge in [0, 0.05) is 11.6 Å². The lowest BCUT2D eigenvalue weighted by Gasteiger charge is -2.17. The van der Waals surface area contributed by atoms with Gasteiger partial charge in [-0.1, -0.05) is 30.3 Å². The molecule has 2 N–H and O–H groups in total. The lowest BCUT2D eigenvalue weighted by atomic mass is 9.93. The van der Waals surface area contributed by atoms with Gasteiger partial charge in [0.25, 0.3) is 0 Å². The topological polar surface area (TPSA) is 26.0 Å². The maximum Gasteiger partial charge on any atom is 0.128 e. The zero-order valence-electron chi connectivity index (χ0n) is 11.7. The van der Waals surface area contributed by atoms with Gasteiger partial charge < -0.3 is 5.73 Å². The molecule has 19 heavy (non-hydrogen) atoms. The summed E-state index contributed by atoms with van der Waals surface area (Å²) in [5.41, 5.74) is 11.1. The molecule has 1 nitrogen and oxygen atoms in total. The van der Waals surface area contributed by atoms with E-state index in [4.69, 9.17) is 5.73 Å². The number of halogens is 1. The molecule has 2 rings (SSSR count). The highest BCUT2D eigenvalue weighted by atomic mass is 19.1. The van der Waals surface area contributed by atoms with E-state index in [-0.39, 0.29) is 11.9 Å². The molecule has 0 fully saturated rings. The molecule has 2 aromatic rings. The van der Waals surface area contributed by atoms with Crippen LogP contribution in [0.5, 0.6) is 0 Å². The Bertz CT molecular complexity index is 567. The van der Waals surface area contributed by atoms with Gasteiger partial charge in [0.05, 0.1) is 0 Å². The van der Waals surface area contributed by atoms with Crippen molar-refractivity contribution in [2.24, 2.45) is 5.73 Å². The highest BCUT2D eigenvalue weighted by molar-refractivity contribution is 5.36. The summed E-state index contributed by atoms with van der Waals surface area (Å²) in [5, 5.41) is 0. The van der Waals surface area contributed by atoms with E-state index in [0.29, 0.717) is 12.0 Å². The van der Waals surface area contributed by atoms with Gasteiger partial charge in [0.15, 0.2) is 0 Å². The van der Waals surface area contributed by atoms with Crippen molar-refractivity contribution in [2.45, 2.75) is 33.2 Å². The number of nitrogens with two attached hydrogens (primary N) is 1. The quantitative estimate of drug-likeness (QED) is 0.884. The van der Waals surface area contributed by atoms with E-state index in [2.05, 4.69) is 19.1 Å². The highest BCUT2D eigenvalue weighted by Crippen LogP contribution is 2.25. The molecule has 0 aliphatic carbocycles. The minimum Gasteiger partial charge on any atom is -0.324 e. The third-order valence-corrected chi connectivity index (χ3v) is 3.55. The minimum atomic E-state index is -0.304. The lowest BCUT2D eigenvalue weighted by molar-refractivity contribution is 0.576. The van der Waals surface area contributed by atoms with E-state index in [1.165, 1.54) is 11.1 Å². The van der Waals surface area contributed by atoms with Gasteiger partial charge in [-0.15, -0.1) is 0 Å². The molecule has 0 saturated carbocycles. The number of aryl methyl sites for hydroxylation is 3. The number of rotatable bonds is 3. The molecular weight excluding hydrogens is 237 g/mol. The van der Waals surface area contributed by atoms with Crippen LogP contribution in [0.25, 0.3) is 0 Å². The highest BCUT2D eigenvalue weighted by Gasteiger charge is 2.16. The fourth-order valence-corrected chi connectivity index (χ4v) is 2.57. The molecule has 1 unspecified atom stereocenters. The Labute approximate surface area is 114 Å². The van der Waals surface area contributed by atoms with E-state index in [1.807, 2.05) is 32.0 Å². The van der Waals surface area contributed by atoms with Gasteiger partial charge in [-0.3, -0.25) is 0 Å². The zero-order chi connectivity index (χ0) is 14.0. The van der Waals surface area contributed by atoms with Crippen LogP contribution in [0.2, 0.25) is 0 Å². The zero-order valence-corrected chi connectivity index (χ0v) is 11.7. The SMILES string of the molecule is Cc1cc(C)c(C(N)Cc2ccccc2C)c(F)c1. The Balaban J connectivity index is 2.31. The Morgan fingerprint density at radius 1 is 1.05 bits per heavy atom. The second-order valence-electron chi connectivity index (χ2n) is 5.21. The summed E-state index contributed by atoms with van der Waals surface area (Å²) in [5.74, 6) is -0.196. The van der Waals surface area contributed by atoms with Crippen molar-refractivity contribution in [1.29, 1.82) is 0 Å². The largest absolute Gasteiger partial charge is 0.324 e. The van der Waals surface area contributed by atoms with Crippen molar-refractivity contribution < 1.29 is 4.39 Å². The van der Waals surface area contributed by atoms with Gasteiger partial charge in [0.1, 0.15) is 5.82 Å². The summed E-state index contributed by atoms with van der Waals surface area (Å²) >= 11 is 0. The molecule has 1 atom stereocenters. The Hall–Kier alpha value is -1.67. The molecule has 0 amide bonds. The predicted octanol–water partition coefficient (Wildman–Crippen LogP) is 3.99. The Morgan fingerprint density at radius 2 is 1.74 bits per heavy atom. The van der Waals surface area contributed by atoms with Crippen molar-refractivity contribution in [3.8, 4) is 0 Å². The first kappa shape index (κ1) is 13.8. The summed E-state index contributed by atoms with van der Waals surface area (Å²) in [4.78, 5) is 0. The van der Waals surface area contributed by atoms with E-state index in [9.17, 15) is 4.39 Å². The van der Waals surface area contributed by atoms with Gasteiger partial charge in [-0.05, 0) is 55.5 Å². The van der Waals surface area contributed by atoms with Crippen molar-refractivity contribution in [3.05, 3.63) is 70.0 Å². The molecule has 0 saturated heterocycles. The van der Waals surface area contributed by atoms with Crippen LogP contribution in [0.4, 0.5) is 4.39 Å². The predicted molar refractivity (Wildman–Crippen MR) is 77.7 cm³/mol. The molecule has 0 bridgehead atoms. The molecular formula is C17H20FN. The Morgan fingerprint density at radius 3 is 2.37 bits per heavy atom. The molecule has 2 aromatic carbocycles. The van der Waals surface area contributed by atoms with Crippen LogP contribution in [0.1, 0.15) is 33.9 Å². The van der Waals surface area contributed by atoms with Crippen LogP contribution >= 0.6 is 0 Å². The second kappa shape index (κ2) is 5.54. The first-order valence-electron chi connectivity index (χ1n) is 6.55. The van der Waals surface area contributed by atoms with Crippen molar-refractivity contribution in [3.63, 3.8) is 0 Å². The summed E-state index contributed by atoms with van der Waals surface area (Å²) in [6.45, 7) is 5.87. The second-order valence-corrected chi connectivity index (χ2v) is 5.21. The first-order chi connectivity index (χ1) is 8.99. The van der Waals surface area contributed by atoms with Crippen molar-refractivity contribution >= 4 is 0 Å². The standard InChI is InChI=1S/C17H20FN/c1-11-8-13(3)17(15(18)9-11)16(19)10-14-7-5-4-6-12(14)2/h4-9,16H,10,19H2,1-3H3. The molecule has 0 heterocycles. The first-order valence-corrected chi connectivity index (χ1v) is 6.55. The van der Waals surface area contributed by atoms with Crippen LogP contribution in [0.15, 0.2) is 36.4 Å². The summed E-state index contributed by atoms with van der Waals surface area (Å²) < 4.78 is 14.1. The molecule has 0 aromatic heterocycles. The van der Waals surface area contributed by atoms with Crippen LogP contribution < -0.4 is 5.73 Å². The number of hydrogen-bond donors (Lipinski definition) is 1. The van der Waals surface area contributed by atoms with E-state index in [1.54, 1.807) is 6.07 Å². The molecule has 100 valence electrons. The van der Waals surface area contributed by atoms with Crippen LogP contribution in [-0.4, -0.2) is 0 Å². The van der Waals surface area contributed by atoms with Gasteiger partial charge >= 0.3 is 0 Å². The van der Waals surface area contributed by atoms with E-state index in [0.717, 1.165) is 11.1 Å². The van der Waals surface area contributed by atoms with Crippen LogP contribution in [-0.2, 0) is 6.42 Å². The van der Waals surface area contributed by atoms with Crippen molar-refractivity contribution in [2.75, 3.05) is 0 Å². The number of benzene rings is 2. The third kappa shape index (κ3) is 3.02. The van der Waals surface area contributed by atoms with Crippen LogP contribution in [0.3, 0.4) is 0 Å². The number of hydrogen-bond acceptors (Lipinski definition) is 1. The minimum absolute atomic E-state index is 0.196. The summed E-state index contributed by atoms with van der Waals surface area (Å²) in [7, 11) is 0. The van der Waals surface area contributed by atoms with Gasteiger partial charge in [0.2, 0.25) is 0 Å². The average Bonchev–Trinajstić information content (AvgIpc) is 2.30. The smallest absolute Gasteiger partial charge is 0.128 e. The summed E-state index contributed by atoms with van der Waals surface area (Å²) in [6.07, 6.45) is 0.660. The molecule has 2 heteroatoms. The molecule has 0 aliphatic heterocycles.